The van der Waals surface area contributed by atoms with Crippen molar-refractivity contribution in [3.63, 3.8) is 0 Å². The minimum atomic E-state index is -7.40. The minimum absolute atomic E-state index is 0.162. The van der Waals surface area contributed by atoms with Crippen molar-refractivity contribution in [3.8, 4) is 39.1 Å². The van der Waals surface area contributed by atoms with E-state index in [0.29, 0.717) is 10.9 Å². The molecule has 2 aliphatic rings. The van der Waals surface area contributed by atoms with Crippen LogP contribution in [0.5, 0.6) is 5.75 Å². The van der Waals surface area contributed by atoms with Gasteiger partial charge in [-0.1, -0.05) is 109 Å². The molecule has 8 rings (SSSR count). The zero-order chi connectivity index (χ0) is 37.1. The second-order valence-electron chi connectivity index (χ2n) is 12.5. The van der Waals surface area contributed by atoms with Gasteiger partial charge >= 0.3 is 33.4 Å². The highest BCUT2D eigenvalue weighted by molar-refractivity contribution is 7.88. The number of halogens is 9. The average molecular weight is 741 g/mol. The number of alkyl halides is 9. The van der Waals surface area contributed by atoms with Crippen LogP contribution in [-0.2, 0) is 15.5 Å². The van der Waals surface area contributed by atoms with Gasteiger partial charge in [0.2, 0.25) is 0 Å². The molecule has 264 valence electrons. The Hall–Kier alpha value is -5.30. The Morgan fingerprint density at radius 2 is 0.962 bits per heavy atom. The van der Waals surface area contributed by atoms with Gasteiger partial charge in [-0.2, -0.15) is 47.9 Å². The van der Waals surface area contributed by atoms with Gasteiger partial charge in [-0.25, -0.2) is 0 Å². The second kappa shape index (κ2) is 10.9. The highest BCUT2D eigenvalue weighted by Gasteiger charge is 2.86. The summed E-state index contributed by atoms with van der Waals surface area (Å²) >= 11 is 0. The molecular formula is C39H21F9O3S. The van der Waals surface area contributed by atoms with E-state index in [1.807, 2.05) is 54.6 Å². The normalized spacial score (nSPS) is 14.9. The van der Waals surface area contributed by atoms with E-state index in [-0.39, 0.29) is 5.39 Å². The van der Waals surface area contributed by atoms with E-state index in [0.717, 1.165) is 62.2 Å². The summed E-state index contributed by atoms with van der Waals surface area (Å²) in [4.78, 5) is 0. The SMILES string of the molecule is O=S(=O)(Oc1ccc2cc(-c3cccc4c3-c3ccccc3C43c4ccccc4-c4ccccc43)ccc2c1)C(F)(F)C(F)(F)C(F)(F)C(F)(F)F. The number of rotatable bonds is 6. The fourth-order valence-corrected chi connectivity index (χ4v) is 8.43. The van der Waals surface area contributed by atoms with E-state index in [2.05, 4.69) is 40.6 Å². The summed E-state index contributed by atoms with van der Waals surface area (Å²) in [6.45, 7) is 0. The first-order chi connectivity index (χ1) is 24.4. The van der Waals surface area contributed by atoms with Gasteiger partial charge in [0.25, 0.3) is 0 Å². The van der Waals surface area contributed by atoms with Gasteiger partial charge in [0.15, 0.2) is 0 Å². The summed E-state index contributed by atoms with van der Waals surface area (Å²) in [7, 11) is -7.09. The van der Waals surface area contributed by atoms with Crippen LogP contribution < -0.4 is 4.18 Å². The van der Waals surface area contributed by atoms with Crippen LogP contribution in [0.2, 0.25) is 0 Å². The predicted octanol–water partition coefficient (Wildman–Crippen LogP) is 11.0. The summed E-state index contributed by atoms with van der Waals surface area (Å²) in [6, 6.07) is 38.3. The smallest absolute Gasteiger partial charge is 0.378 e. The van der Waals surface area contributed by atoms with Crippen molar-refractivity contribution >= 4 is 20.9 Å². The third-order valence-corrected chi connectivity index (χ3v) is 11.1. The molecule has 0 atom stereocenters. The van der Waals surface area contributed by atoms with Crippen molar-refractivity contribution in [2.45, 2.75) is 28.7 Å². The summed E-state index contributed by atoms with van der Waals surface area (Å²) in [5, 5.41) is -6.40. The van der Waals surface area contributed by atoms with Crippen LogP contribution in [0.4, 0.5) is 39.5 Å². The zero-order valence-electron chi connectivity index (χ0n) is 26.2. The maximum absolute atomic E-state index is 14.3. The van der Waals surface area contributed by atoms with E-state index in [9.17, 15) is 47.9 Å². The number of hydrogen-bond acceptors (Lipinski definition) is 3. The maximum Gasteiger partial charge on any atom is 0.460 e. The molecule has 0 N–H and O–H groups in total. The molecule has 6 aromatic carbocycles. The molecule has 13 heteroatoms. The molecule has 0 heterocycles. The Bertz CT molecular complexity index is 2520. The van der Waals surface area contributed by atoms with E-state index in [1.54, 1.807) is 12.1 Å². The molecule has 3 nitrogen and oxygen atoms in total. The van der Waals surface area contributed by atoms with Crippen LogP contribution in [0.3, 0.4) is 0 Å². The van der Waals surface area contributed by atoms with Crippen molar-refractivity contribution < 1.29 is 52.1 Å². The molecule has 1 spiro atoms. The predicted molar refractivity (Wildman–Crippen MR) is 176 cm³/mol. The largest absolute Gasteiger partial charge is 0.460 e. The molecule has 0 unspecified atom stereocenters. The van der Waals surface area contributed by atoms with E-state index < -0.39 is 44.6 Å². The summed E-state index contributed by atoms with van der Waals surface area (Å²) < 4.78 is 149. The van der Waals surface area contributed by atoms with Crippen LogP contribution in [0.1, 0.15) is 22.3 Å². The first-order valence-electron chi connectivity index (χ1n) is 15.6. The monoisotopic (exact) mass is 740 g/mol. The minimum Gasteiger partial charge on any atom is -0.378 e. The van der Waals surface area contributed by atoms with Gasteiger partial charge in [-0.05, 0) is 84.6 Å². The van der Waals surface area contributed by atoms with Crippen molar-refractivity contribution in [3.05, 3.63) is 150 Å². The molecule has 0 radical (unpaired) electrons. The molecule has 0 amide bonds. The van der Waals surface area contributed by atoms with Crippen molar-refractivity contribution in [2.24, 2.45) is 0 Å². The highest BCUT2D eigenvalue weighted by atomic mass is 32.2. The first-order valence-corrected chi connectivity index (χ1v) is 17.0. The van der Waals surface area contributed by atoms with Gasteiger partial charge in [0, 0.05) is 0 Å². The fraction of sp³-hybridized carbons (Fsp3) is 0.128. The number of hydrogen-bond donors (Lipinski definition) is 0. The number of fused-ring (bicyclic) bond motifs is 11. The third-order valence-electron chi connectivity index (χ3n) is 9.78. The Labute approximate surface area is 290 Å². The molecule has 0 saturated carbocycles. The molecule has 0 aliphatic heterocycles. The lowest BCUT2D eigenvalue weighted by Crippen LogP contribution is -2.63. The van der Waals surface area contributed by atoms with E-state index >= 15 is 0 Å². The molecule has 0 bridgehead atoms. The quantitative estimate of drug-likeness (QED) is 0.126. The van der Waals surface area contributed by atoms with Gasteiger partial charge in [0.05, 0.1) is 5.41 Å². The molecule has 0 aromatic heterocycles. The Morgan fingerprint density at radius 3 is 1.56 bits per heavy atom. The van der Waals surface area contributed by atoms with E-state index in [4.69, 9.17) is 0 Å². The third kappa shape index (κ3) is 4.31. The summed E-state index contributed by atoms with van der Waals surface area (Å²) in [5.41, 5.74) is 9.53. The van der Waals surface area contributed by atoms with Gasteiger partial charge in [-0.3, -0.25) is 0 Å². The number of benzene rings is 6. The lowest BCUT2D eigenvalue weighted by molar-refractivity contribution is -0.382. The maximum atomic E-state index is 14.3. The molecule has 2 aliphatic carbocycles. The van der Waals surface area contributed by atoms with Crippen LogP contribution in [-0.4, -0.2) is 31.7 Å². The van der Waals surface area contributed by atoms with Gasteiger partial charge in [-0.15, -0.1) is 0 Å². The molecular weight excluding hydrogens is 719 g/mol. The molecule has 6 aromatic rings. The van der Waals surface area contributed by atoms with Crippen LogP contribution in [0.15, 0.2) is 127 Å². The van der Waals surface area contributed by atoms with Crippen molar-refractivity contribution in [1.82, 2.24) is 0 Å². The Kier molecular flexibility index (Phi) is 7.06. The lowest BCUT2D eigenvalue weighted by atomic mass is 9.70. The standard InChI is InChI=1S/C39H21F9O3S/c40-36(41,38(44,45)46)37(42,43)39(47,48)52(49,50)51-25-19-18-22-20-24(17-16-23(22)21-25)26-11-7-15-33-34(26)29-10-3-6-14-32(29)35(33)30-12-4-1-8-27(30)28-9-2-5-13-31(28)35/h1-21H. The highest BCUT2D eigenvalue weighted by Crippen LogP contribution is 2.64. The van der Waals surface area contributed by atoms with Gasteiger partial charge < -0.3 is 4.18 Å². The molecule has 52 heavy (non-hydrogen) atoms. The second-order valence-corrected chi connectivity index (χ2v) is 14.1. The van der Waals surface area contributed by atoms with Crippen LogP contribution in [0.25, 0.3) is 44.2 Å². The van der Waals surface area contributed by atoms with Crippen molar-refractivity contribution in [2.75, 3.05) is 0 Å². The Balaban J connectivity index is 1.21. The average Bonchev–Trinajstić information content (AvgIpc) is 3.58. The fourth-order valence-electron chi connectivity index (χ4n) is 7.52. The zero-order valence-corrected chi connectivity index (χ0v) is 27.0. The lowest BCUT2D eigenvalue weighted by Gasteiger charge is -2.32. The first kappa shape index (κ1) is 33.8. The molecule has 0 saturated heterocycles. The summed E-state index contributed by atoms with van der Waals surface area (Å²) in [6.07, 6.45) is -7.19. The summed E-state index contributed by atoms with van der Waals surface area (Å²) in [5.74, 6) is -15.8. The Morgan fingerprint density at radius 1 is 0.481 bits per heavy atom. The molecule has 0 fully saturated rings. The van der Waals surface area contributed by atoms with Crippen molar-refractivity contribution in [1.29, 1.82) is 0 Å². The van der Waals surface area contributed by atoms with Crippen LogP contribution in [0, 0.1) is 0 Å². The van der Waals surface area contributed by atoms with E-state index in [1.165, 1.54) is 12.1 Å². The topological polar surface area (TPSA) is 43.4 Å². The van der Waals surface area contributed by atoms with Crippen LogP contribution >= 0.6 is 0 Å². The van der Waals surface area contributed by atoms with Gasteiger partial charge in [0.1, 0.15) is 5.75 Å².